The second kappa shape index (κ2) is 6.61. The number of nitrogens with zero attached hydrogens (tertiary/aromatic N) is 4. The van der Waals surface area contributed by atoms with Crippen LogP contribution in [-0.2, 0) is 10.0 Å². The zero-order valence-corrected chi connectivity index (χ0v) is 16.3. The van der Waals surface area contributed by atoms with Crippen LogP contribution in [-0.4, -0.2) is 42.5 Å². The Bertz CT molecular complexity index is 1060. The molecule has 0 spiro atoms. The second-order valence-electron chi connectivity index (χ2n) is 6.25. The topological polar surface area (TPSA) is 105 Å². The highest BCUT2D eigenvalue weighted by Crippen LogP contribution is 2.38. The molecule has 8 nitrogen and oxygen atoms in total. The van der Waals surface area contributed by atoms with Crippen molar-refractivity contribution in [3.05, 3.63) is 46.8 Å². The van der Waals surface area contributed by atoms with Crippen molar-refractivity contribution in [2.45, 2.75) is 23.9 Å². The normalized spacial score (nSPS) is 19.9. The lowest BCUT2D eigenvalue weighted by molar-refractivity contribution is 0.104. The minimum absolute atomic E-state index is 0.230. The highest BCUT2D eigenvalue weighted by molar-refractivity contribution is 7.98. The number of thioether (sulfide) groups is 1. The van der Waals surface area contributed by atoms with E-state index < -0.39 is 15.8 Å². The Morgan fingerprint density at radius 2 is 1.96 bits per heavy atom. The number of ketones is 1. The van der Waals surface area contributed by atoms with E-state index in [1.165, 1.54) is 25.0 Å². The molecule has 1 aliphatic heterocycles. The van der Waals surface area contributed by atoms with E-state index in [4.69, 9.17) is 0 Å². The van der Waals surface area contributed by atoms with Gasteiger partial charge in [-0.3, -0.25) is 9.10 Å². The lowest BCUT2D eigenvalue weighted by Gasteiger charge is -2.27. The molecule has 1 aliphatic carbocycles. The summed E-state index contributed by atoms with van der Waals surface area (Å²) >= 11 is 1.38. The zero-order chi connectivity index (χ0) is 19.2. The number of carbonyl (C=O) groups excluding carboxylic acids is 1. The van der Waals surface area contributed by atoms with Crippen molar-refractivity contribution in [3.8, 4) is 0 Å². The summed E-state index contributed by atoms with van der Waals surface area (Å²) in [6, 6.07) is 6.61. The molecule has 0 amide bonds. The Labute approximate surface area is 161 Å². The van der Waals surface area contributed by atoms with Crippen molar-refractivity contribution in [1.82, 2.24) is 15.0 Å². The van der Waals surface area contributed by atoms with Gasteiger partial charge in [-0.1, -0.05) is 23.9 Å². The molecule has 0 atom stereocenters. The van der Waals surface area contributed by atoms with Crippen LogP contribution in [0.2, 0.25) is 0 Å². The Hall–Kier alpha value is -2.46. The molecule has 140 valence electrons. The molecule has 27 heavy (non-hydrogen) atoms. The average molecular weight is 403 g/mol. The first-order valence-corrected chi connectivity index (χ1v) is 11.0. The molecule has 1 aromatic heterocycles. The monoisotopic (exact) mass is 403 g/mol. The van der Waals surface area contributed by atoms with Crippen molar-refractivity contribution in [3.63, 3.8) is 0 Å². The second-order valence-corrected chi connectivity index (χ2v) is 8.96. The fourth-order valence-electron chi connectivity index (χ4n) is 2.79. The van der Waals surface area contributed by atoms with Gasteiger partial charge in [-0.15, -0.1) is 0 Å². The van der Waals surface area contributed by atoms with E-state index in [2.05, 4.69) is 20.3 Å². The minimum atomic E-state index is -3.96. The number of nitrogens with one attached hydrogen (secondary N) is 1. The molecular weight excluding hydrogens is 386 g/mol. The summed E-state index contributed by atoms with van der Waals surface area (Å²) in [5.41, 5.74) is 0.697. The lowest BCUT2D eigenvalue weighted by Crippen LogP contribution is -2.36. The van der Waals surface area contributed by atoms with Gasteiger partial charge in [0.05, 0.1) is 5.69 Å². The highest BCUT2D eigenvalue weighted by atomic mass is 32.2. The summed E-state index contributed by atoms with van der Waals surface area (Å²) in [5, 5.41) is 3.33. The molecule has 0 radical (unpaired) electrons. The van der Waals surface area contributed by atoms with Crippen LogP contribution in [0.15, 0.2) is 40.5 Å². The van der Waals surface area contributed by atoms with Crippen LogP contribution in [0.4, 0.5) is 11.6 Å². The summed E-state index contributed by atoms with van der Waals surface area (Å²) in [7, 11) is -2.53. The maximum absolute atomic E-state index is 12.8. The number of anilines is 2. The van der Waals surface area contributed by atoms with Gasteiger partial charge in [-0.25, -0.2) is 13.4 Å². The van der Waals surface area contributed by atoms with Crippen LogP contribution in [0.1, 0.15) is 34.9 Å². The number of hydrogen-bond donors (Lipinski definition) is 1. The summed E-state index contributed by atoms with van der Waals surface area (Å²) in [6.07, 6.45) is 5.09. The summed E-state index contributed by atoms with van der Waals surface area (Å²) < 4.78 is 26.6. The molecule has 2 heterocycles. The van der Waals surface area contributed by atoms with E-state index in [1.54, 1.807) is 24.3 Å². The van der Waals surface area contributed by atoms with Gasteiger partial charge in [0.25, 0.3) is 10.0 Å². The maximum atomic E-state index is 12.8. The standard InChI is InChI=1S/C17H17N5O3S2/c1-22-12-6-4-3-5-11(12)14(23)13(27(22,24)25)9-18-16-19-15(10-7-8-10)20-17(21-16)26-2/h3-6,9-10H,7-8H2,1-2H3,(H,18,19,20,21)/b13-9-. The smallest absolute Gasteiger partial charge is 0.269 e. The number of para-hydroxylation sites is 1. The number of hydrogen-bond acceptors (Lipinski definition) is 8. The third-order valence-corrected chi connectivity index (χ3v) is 6.76. The molecule has 10 heteroatoms. The Morgan fingerprint density at radius 3 is 2.67 bits per heavy atom. The third-order valence-electron chi connectivity index (χ3n) is 4.44. The van der Waals surface area contributed by atoms with E-state index in [9.17, 15) is 13.2 Å². The van der Waals surface area contributed by atoms with Gasteiger partial charge < -0.3 is 5.32 Å². The van der Waals surface area contributed by atoms with Gasteiger partial charge >= 0.3 is 0 Å². The average Bonchev–Trinajstić information content (AvgIpc) is 3.51. The van der Waals surface area contributed by atoms with Gasteiger partial charge in [0, 0.05) is 24.7 Å². The van der Waals surface area contributed by atoms with Gasteiger partial charge in [-0.2, -0.15) is 9.97 Å². The molecule has 1 saturated carbocycles. The van der Waals surface area contributed by atoms with E-state index >= 15 is 0 Å². The summed E-state index contributed by atoms with van der Waals surface area (Å²) in [5.74, 6) is 0.687. The number of fused-ring (bicyclic) bond motifs is 1. The first kappa shape index (κ1) is 17.9. The predicted octanol–water partition coefficient (Wildman–Crippen LogP) is 2.39. The van der Waals surface area contributed by atoms with Crippen molar-refractivity contribution in [2.75, 3.05) is 22.9 Å². The Balaban J connectivity index is 1.72. The van der Waals surface area contributed by atoms with Gasteiger partial charge in [0.1, 0.15) is 5.82 Å². The highest BCUT2D eigenvalue weighted by Gasteiger charge is 2.38. The van der Waals surface area contributed by atoms with Crippen molar-refractivity contribution in [1.29, 1.82) is 0 Å². The Kier molecular flexibility index (Phi) is 4.39. The van der Waals surface area contributed by atoms with Gasteiger partial charge in [0.15, 0.2) is 10.1 Å². The Morgan fingerprint density at radius 1 is 1.22 bits per heavy atom. The van der Waals surface area contributed by atoms with Crippen LogP contribution in [0.3, 0.4) is 0 Å². The number of rotatable bonds is 4. The number of aromatic nitrogens is 3. The molecule has 0 bridgehead atoms. The van der Waals surface area contributed by atoms with Crippen molar-refractivity contribution < 1.29 is 13.2 Å². The number of Topliss-reactive ketones (excluding diaryl/α,β-unsaturated/α-hetero) is 1. The number of allylic oxidation sites excluding steroid dienone is 1. The number of sulfonamides is 1. The number of carbonyl (C=O) groups is 1. The van der Waals surface area contributed by atoms with Crippen LogP contribution in [0.25, 0.3) is 0 Å². The van der Waals surface area contributed by atoms with Crippen LogP contribution in [0, 0.1) is 0 Å². The maximum Gasteiger partial charge on any atom is 0.269 e. The van der Waals surface area contributed by atoms with Gasteiger partial charge in [-0.05, 0) is 31.2 Å². The van der Waals surface area contributed by atoms with Crippen molar-refractivity contribution in [2.24, 2.45) is 0 Å². The molecule has 4 rings (SSSR count). The molecule has 2 aliphatic rings. The first-order valence-electron chi connectivity index (χ1n) is 8.31. The molecule has 2 aromatic rings. The van der Waals surface area contributed by atoms with E-state index in [-0.39, 0.29) is 10.9 Å². The quantitative estimate of drug-likeness (QED) is 0.613. The fourth-order valence-corrected chi connectivity index (χ4v) is 4.42. The molecular formula is C17H17N5O3S2. The largest absolute Gasteiger partial charge is 0.329 e. The zero-order valence-electron chi connectivity index (χ0n) is 14.7. The van der Waals surface area contributed by atoms with E-state index in [0.717, 1.165) is 17.1 Å². The summed E-state index contributed by atoms with van der Waals surface area (Å²) in [6.45, 7) is 0. The number of benzene rings is 1. The van der Waals surface area contributed by atoms with Crippen molar-refractivity contribution >= 4 is 39.2 Å². The first-order chi connectivity index (χ1) is 12.9. The molecule has 1 N–H and O–H groups in total. The molecule has 0 unspecified atom stereocenters. The van der Waals surface area contributed by atoms with Gasteiger partial charge in [0.2, 0.25) is 11.7 Å². The van der Waals surface area contributed by atoms with Crippen LogP contribution < -0.4 is 9.62 Å². The predicted molar refractivity (Wildman–Crippen MR) is 103 cm³/mol. The van der Waals surface area contributed by atoms with E-state index in [0.29, 0.717) is 28.1 Å². The van der Waals surface area contributed by atoms with Crippen LogP contribution in [0.5, 0.6) is 0 Å². The summed E-state index contributed by atoms with van der Waals surface area (Å²) in [4.78, 5) is 25.4. The molecule has 1 aromatic carbocycles. The lowest BCUT2D eigenvalue weighted by atomic mass is 10.1. The molecule has 0 saturated heterocycles. The minimum Gasteiger partial charge on any atom is -0.329 e. The molecule has 1 fully saturated rings. The SMILES string of the molecule is CSc1nc(N/C=C2/C(=O)c3ccccc3N(C)S2(=O)=O)nc(C2CC2)n1. The van der Waals surface area contributed by atoms with E-state index in [1.807, 2.05) is 6.26 Å². The van der Waals surface area contributed by atoms with Crippen LogP contribution >= 0.6 is 11.8 Å². The fraction of sp³-hybridized carbons (Fsp3) is 0.294. The third kappa shape index (κ3) is 3.19.